The monoisotopic (exact) mass is 423 g/mol. The van der Waals surface area contributed by atoms with Crippen LogP contribution in [0.15, 0.2) is 59.8 Å². The summed E-state index contributed by atoms with van der Waals surface area (Å²) in [5, 5.41) is 20.0. The molecule has 0 saturated heterocycles. The van der Waals surface area contributed by atoms with E-state index in [9.17, 15) is 14.9 Å². The third kappa shape index (κ3) is 4.60. The van der Waals surface area contributed by atoms with Gasteiger partial charge in [0.15, 0.2) is 5.84 Å². The van der Waals surface area contributed by atoms with Gasteiger partial charge in [-0.3, -0.25) is 10.1 Å². The first kappa shape index (κ1) is 20.6. The van der Waals surface area contributed by atoms with E-state index >= 15 is 0 Å². The molecule has 2 amide bonds. The zero-order valence-electron chi connectivity index (χ0n) is 17.1. The lowest BCUT2D eigenvalue weighted by atomic mass is 9.92. The van der Waals surface area contributed by atoms with E-state index in [1.165, 1.54) is 18.6 Å². The third-order valence-electron chi connectivity index (χ3n) is 5.62. The van der Waals surface area contributed by atoms with Gasteiger partial charge in [-0.15, -0.1) is 0 Å². The summed E-state index contributed by atoms with van der Waals surface area (Å²) in [7, 11) is 0. The molecule has 1 heterocycles. The van der Waals surface area contributed by atoms with Crippen LogP contribution in [0.5, 0.6) is 0 Å². The summed E-state index contributed by atoms with van der Waals surface area (Å²) in [5.74, 6) is 0.354. The van der Waals surface area contributed by atoms with Gasteiger partial charge >= 0.3 is 6.03 Å². The Morgan fingerprint density at radius 1 is 1.03 bits per heavy atom. The Bertz CT molecular complexity index is 971. The number of benzene rings is 2. The van der Waals surface area contributed by atoms with Crippen molar-refractivity contribution in [2.45, 2.75) is 50.7 Å². The van der Waals surface area contributed by atoms with Crippen LogP contribution in [0.2, 0.25) is 0 Å². The van der Waals surface area contributed by atoms with Crippen molar-refractivity contribution in [1.82, 2.24) is 10.4 Å². The number of nitro groups is 1. The Balaban J connectivity index is 1.63. The van der Waals surface area contributed by atoms with Gasteiger partial charge in [-0.1, -0.05) is 54.8 Å². The lowest BCUT2D eigenvalue weighted by molar-refractivity contribution is -0.384. The van der Waals surface area contributed by atoms with Crippen molar-refractivity contribution in [2.75, 3.05) is 5.32 Å². The fraction of sp³-hybridized carbons (Fsp3) is 0.364. The van der Waals surface area contributed by atoms with Crippen LogP contribution in [0.25, 0.3) is 0 Å². The molecule has 0 radical (unpaired) electrons. The van der Waals surface area contributed by atoms with E-state index in [-0.39, 0.29) is 5.69 Å². The number of rotatable bonds is 4. The van der Waals surface area contributed by atoms with Crippen LogP contribution in [0, 0.1) is 10.1 Å². The highest BCUT2D eigenvalue weighted by Gasteiger charge is 2.47. The predicted molar refractivity (Wildman–Crippen MR) is 116 cm³/mol. The van der Waals surface area contributed by atoms with E-state index < -0.39 is 16.7 Å². The second-order valence-electron chi connectivity index (χ2n) is 7.79. The summed E-state index contributed by atoms with van der Waals surface area (Å²) in [5.41, 5.74) is 3.19. The Hall–Kier alpha value is -3.62. The first-order valence-electron chi connectivity index (χ1n) is 10.5. The summed E-state index contributed by atoms with van der Waals surface area (Å²) in [6, 6.07) is 14.9. The van der Waals surface area contributed by atoms with E-state index in [1.54, 1.807) is 29.3 Å². The number of para-hydroxylation sites is 1. The maximum atomic E-state index is 12.8. The molecular formula is C22H25N5O4. The van der Waals surface area contributed by atoms with Crippen LogP contribution >= 0.6 is 0 Å². The van der Waals surface area contributed by atoms with Crippen molar-refractivity contribution in [2.24, 2.45) is 5.16 Å². The Kier molecular flexibility index (Phi) is 6.01. The molecule has 0 bridgehead atoms. The summed E-state index contributed by atoms with van der Waals surface area (Å²) < 4.78 is 0. The number of nitro benzene ring substituents is 1. The highest BCUT2D eigenvalue weighted by molar-refractivity contribution is 6.01. The number of non-ortho nitro benzene ring substituents is 1. The van der Waals surface area contributed by atoms with Crippen LogP contribution in [-0.2, 0) is 4.84 Å². The van der Waals surface area contributed by atoms with Gasteiger partial charge in [-0.25, -0.2) is 15.2 Å². The van der Waals surface area contributed by atoms with Gasteiger partial charge in [0.2, 0.25) is 5.72 Å². The van der Waals surface area contributed by atoms with Crippen molar-refractivity contribution in [3.05, 3.63) is 70.3 Å². The fourth-order valence-electron chi connectivity index (χ4n) is 4.05. The molecule has 0 unspecified atom stereocenters. The molecule has 31 heavy (non-hydrogen) atoms. The number of carbonyl (C=O) groups excluding carboxylic acids is 1. The van der Waals surface area contributed by atoms with Crippen molar-refractivity contribution in [3.63, 3.8) is 0 Å². The van der Waals surface area contributed by atoms with E-state index in [0.29, 0.717) is 29.9 Å². The standard InChI is InChI=1S/C22H25N5O4/c28-21(23-18-11-5-4-6-12-18)24-26-20(17-10-9-13-19(16-17)27(29)30)25-31-22(26)14-7-2-1-3-8-15-22/h4-6,9-13,16H,1-3,7-8,14-15H2,(H2,23,24,28). The highest BCUT2D eigenvalue weighted by atomic mass is 16.7. The van der Waals surface area contributed by atoms with Gasteiger partial charge in [-0.05, 0) is 25.0 Å². The van der Waals surface area contributed by atoms with E-state index in [0.717, 1.165) is 25.7 Å². The maximum absolute atomic E-state index is 12.8. The van der Waals surface area contributed by atoms with Crippen LogP contribution in [-0.4, -0.2) is 27.5 Å². The normalized spacial score (nSPS) is 17.8. The minimum absolute atomic E-state index is 0.0486. The third-order valence-corrected chi connectivity index (χ3v) is 5.62. The zero-order valence-corrected chi connectivity index (χ0v) is 17.1. The lowest BCUT2D eigenvalue weighted by Gasteiger charge is -2.38. The summed E-state index contributed by atoms with van der Waals surface area (Å²) >= 11 is 0. The van der Waals surface area contributed by atoms with Crippen LogP contribution in [0.1, 0.15) is 50.5 Å². The number of nitrogens with one attached hydrogen (secondary N) is 2. The quantitative estimate of drug-likeness (QED) is 0.544. The van der Waals surface area contributed by atoms with Gasteiger partial charge in [0.05, 0.1) is 4.92 Å². The fourth-order valence-corrected chi connectivity index (χ4v) is 4.05. The van der Waals surface area contributed by atoms with Crippen molar-refractivity contribution >= 4 is 23.2 Å². The number of anilines is 1. The van der Waals surface area contributed by atoms with E-state index in [2.05, 4.69) is 15.9 Å². The molecular weight excluding hydrogens is 398 g/mol. The molecule has 1 aliphatic heterocycles. The predicted octanol–water partition coefficient (Wildman–Crippen LogP) is 4.77. The lowest BCUT2D eigenvalue weighted by Crippen LogP contribution is -2.58. The van der Waals surface area contributed by atoms with Gasteiger partial charge in [-0.2, -0.15) is 0 Å². The molecule has 4 rings (SSSR count). The average molecular weight is 423 g/mol. The van der Waals surface area contributed by atoms with Crippen molar-refractivity contribution in [1.29, 1.82) is 0 Å². The molecule has 1 spiro atoms. The minimum Gasteiger partial charge on any atom is -0.363 e. The number of hydrogen-bond acceptors (Lipinski definition) is 6. The molecule has 1 saturated carbocycles. The van der Waals surface area contributed by atoms with Crippen LogP contribution in [0.3, 0.4) is 0 Å². The molecule has 162 valence electrons. The van der Waals surface area contributed by atoms with Crippen LogP contribution in [0.4, 0.5) is 16.2 Å². The van der Waals surface area contributed by atoms with Gasteiger partial charge in [0, 0.05) is 36.2 Å². The van der Waals surface area contributed by atoms with Gasteiger partial charge in [0.1, 0.15) is 0 Å². The van der Waals surface area contributed by atoms with E-state index in [4.69, 9.17) is 4.84 Å². The molecule has 0 atom stereocenters. The van der Waals surface area contributed by atoms with Gasteiger partial charge < -0.3 is 10.2 Å². The summed E-state index contributed by atoms with van der Waals surface area (Å²) in [6.07, 6.45) is 6.62. The molecule has 9 heteroatoms. The topological polar surface area (TPSA) is 109 Å². The van der Waals surface area contributed by atoms with E-state index in [1.807, 2.05) is 18.2 Å². The average Bonchev–Trinajstić information content (AvgIpc) is 3.10. The molecule has 2 aromatic carbocycles. The zero-order chi connectivity index (χ0) is 21.7. The molecule has 9 nitrogen and oxygen atoms in total. The minimum atomic E-state index is -0.811. The highest BCUT2D eigenvalue weighted by Crippen LogP contribution is 2.37. The first-order valence-corrected chi connectivity index (χ1v) is 10.5. The Morgan fingerprint density at radius 2 is 1.74 bits per heavy atom. The molecule has 1 fully saturated rings. The van der Waals surface area contributed by atoms with Gasteiger partial charge in [0.25, 0.3) is 5.69 Å². The SMILES string of the molecule is O=C(Nc1ccccc1)NN1C(c2cccc([N+](=O)[O-])c2)=NOC12CCCCCCC2. The Labute approximate surface area is 180 Å². The largest absolute Gasteiger partial charge is 0.363 e. The van der Waals surface area contributed by atoms with Crippen molar-refractivity contribution in [3.8, 4) is 0 Å². The number of amides is 2. The summed E-state index contributed by atoms with van der Waals surface area (Å²) in [4.78, 5) is 29.6. The molecule has 1 aliphatic carbocycles. The number of amidine groups is 1. The number of nitrogens with zero attached hydrogens (tertiary/aromatic N) is 3. The van der Waals surface area contributed by atoms with Crippen molar-refractivity contribution < 1.29 is 14.6 Å². The second-order valence-corrected chi connectivity index (χ2v) is 7.79. The first-order chi connectivity index (χ1) is 15.1. The molecule has 2 aliphatic rings. The number of oxime groups is 1. The number of urea groups is 1. The number of carbonyl (C=O) groups is 1. The Morgan fingerprint density at radius 3 is 2.45 bits per heavy atom. The summed E-state index contributed by atoms with van der Waals surface area (Å²) in [6.45, 7) is 0. The maximum Gasteiger partial charge on any atom is 0.338 e. The molecule has 2 N–H and O–H groups in total. The van der Waals surface area contributed by atoms with Crippen LogP contribution < -0.4 is 10.7 Å². The molecule has 2 aromatic rings. The smallest absolute Gasteiger partial charge is 0.338 e. The number of hydrogen-bond donors (Lipinski definition) is 2. The number of hydrazine groups is 1. The second kappa shape index (κ2) is 9.03. The molecule has 0 aromatic heterocycles.